The van der Waals surface area contributed by atoms with Gasteiger partial charge in [-0.3, -0.25) is 9.10 Å². The summed E-state index contributed by atoms with van der Waals surface area (Å²) >= 11 is 0. The number of carbonyl (C=O) groups is 1. The highest BCUT2D eigenvalue weighted by Crippen LogP contribution is 2.24. The first kappa shape index (κ1) is 19.5. The monoisotopic (exact) mass is 402 g/mol. The molecule has 5 nitrogen and oxygen atoms in total. The van der Waals surface area contributed by atoms with Crippen molar-refractivity contribution in [2.45, 2.75) is 4.90 Å². The Morgan fingerprint density at radius 3 is 2.32 bits per heavy atom. The molecule has 0 saturated heterocycles. The van der Waals surface area contributed by atoms with Gasteiger partial charge in [-0.25, -0.2) is 17.2 Å². The van der Waals surface area contributed by atoms with Crippen LogP contribution >= 0.6 is 0 Å². The molecule has 3 aromatic rings. The Morgan fingerprint density at radius 2 is 1.64 bits per heavy atom. The third-order valence-electron chi connectivity index (χ3n) is 4.05. The van der Waals surface area contributed by atoms with Crippen molar-refractivity contribution < 1.29 is 22.0 Å². The molecular weight excluding hydrogens is 386 g/mol. The number of para-hydroxylation sites is 1. The number of amides is 1. The van der Waals surface area contributed by atoms with Crippen molar-refractivity contribution >= 4 is 27.3 Å². The number of halogens is 2. The minimum Gasteiger partial charge on any atom is -0.322 e. The SMILES string of the molecule is CN(c1ccccc1)S(=O)(=O)c1cccc(NC(=O)c2ccc(F)cc2F)c1. The molecule has 0 radical (unpaired) electrons. The molecule has 0 bridgehead atoms. The van der Waals surface area contributed by atoms with E-state index in [1.165, 1.54) is 31.3 Å². The van der Waals surface area contributed by atoms with Crippen LogP contribution in [0.1, 0.15) is 10.4 Å². The maximum atomic E-state index is 13.8. The lowest BCUT2D eigenvalue weighted by Crippen LogP contribution is -2.26. The van der Waals surface area contributed by atoms with Crippen molar-refractivity contribution in [3.8, 4) is 0 Å². The van der Waals surface area contributed by atoms with Crippen molar-refractivity contribution in [1.29, 1.82) is 0 Å². The summed E-state index contributed by atoms with van der Waals surface area (Å²) in [5, 5.41) is 2.43. The Bertz CT molecular complexity index is 1120. The van der Waals surface area contributed by atoms with Crippen LogP contribution in [0, 0.1) is 11.6 Å². The van der Waals surface area contributed by atoms with E-state index in [1.54, 1.807) is 30.3 Å². The molecule has 0 heterocycles. The van der Waals surface area contributed by atoms with Gasteiger partial charge >= 0.3 is 0 Å². The van der Waals surface area contributed by atoms with Crippen molar-refractivity contribution in [3.05, 3.63) is 90.0 Å². The third-order valence-corrected chi connectivity index (χ3v) is 5.83. The average molecular weight is 402 g/mol. The number of rotatable bonds is 5. The molecule has 1 N–H and O–H groups in total. The molecule has 1 amide bonds. The number of sulfonamides is 1. The van der Waals surface area contributed by atoms with E-state index >= 15 is 0 Å². The average Bonchev–Trinajstić information content (AvgIpc) is 2.68. The first-order valence-corrected chi connectivity index (χ1v) is 9.63. The largest absolute Gasteiger partial charge is 0.322 e. The van der Waals surface area contributed by atoms with Crippen LogP contribution < -0.4 is 9.62 Å². The Morgan fingerprint density at radius 1 is 0.929 bits per heavy atom. The molecule has 0 aliphatic heterocycles. The highest BCUT2D eigenvalue weighted by Gasteiger charge is 2.22. The van der Waals surface area contributed by atoms with Gasteiger partial charge in [-0.2, -0.15) is 0 Å². The minimum atomic E-state index is -3.87. The summed E-state index contributed by atoms with van der Waals surface area (Å²) in [6, 6.07) is 16.7. The van der Waals surface area contributed by atoms with Crippen molar-refractivity contribution in [2.24, 2.45) is 0 Å². The highest BCUT2D eigenvalue weighted by atomic mass is 32.2. The zero-order valence-corrected chi connectivity index (χ0v) is 15.6. The van der Waals surface area contributed by atoms with Crippen molar-refractivity contribution in [1.82, 2.24) is 0 Å². The molecule has 0 fully saturated rings. The van der Waals surface area contributed by atoms with Crippen molar-refractivity contribution in [3.63, 3.8) is 0 Å². The molecule has 0 aromatic heterocycles. The molecule has 8 heteroatoms. The summed E-state index contributed by atoms with van der Waals surface area (Å²) in [5.74, 6) is -2.63. The smallest absolute Gasteiger partial charge is 0.264 e. The van der Waals surface area contributed by atoms with E-state index < -0.39 is 27.6 Å². The lowest BCUT2D eigenvalue weighted by atomic mass is 10.2. The molecule has 0 unspecified atom stereocenters. The van der Waals surface area contributed by atoms with Gasteiger partial charge in [0, 0.05) is 18.8 Å². The van der Waals surface area contributed by atoms with E-state index in [0.717, 1.165) is 16.4 Å². The molecule has 0 saturated carbocycles. The summed E-state index contributed by atoms with van der Waals surface area (Å²) < 4.78 is 53.6. The number of nitrogens with one attached hydrogen (secondary N) is 1. The maximum Gasteiger partial charge on any atom is 0.264 e. The fourth-order valence-corrected chi connectivity index (χ4v) is 3.78. The van der Waals surface area contributed by atoms with Gasteiger partial charge in [0.1, 0.15) is 11.6 Å². The molecule has 3 aromatic carbocycles. The predicted molar refractivity (Wildman–Crippen MR) is 103 cm³/mol. The van der Waals surface area contributed by atoms with Crippen LogP contribution in [0.4, 0.5) is 20.2 Å². The van der Waals surface area contributed by atoms with Crippen LogP contribution in [0.5, 0.6) is 0 Å². The molecule has 0 aliphatic rings. The van der Waals surface area contributed by atoms with Gasteiger partial charge in [-0.15, -0.1) is 0 Å². The second kappa shape index (κ2) is 7.77. The van der Waals surface area contributed by atoms with Crippen LogP contribution in [0.25, 0.3) is 0 Å². The predicted octanol–water partition coefficient (Wildman–Crippen LogP) is 4.04. The quantitative estimate of drug-likeness (QED) is 0.700. The summed E-state index contributed by atoms with van der Waals surface area (Å²) in [4.78, 5) is 12.2. The van der Waals surface area contributed by atoms with Crippen LogP contribution in [0.2, 0.25) is 0 Å². The highest BCUT2D eigenvalue weighted by molar-refractivity contribution is 7.92. The molecule has 0 aliphatic carbocycles. The number of anilines is 2. The van der Waals surface area contributed by atoms with Crippen LogP contribution in [-0.4, -0.2) is 21.4 Å². The Kier molecular flexibility index (Phi) is 5.41. The number of benzene rings is 3. The summed E-state index contributed by atoms with van der Waals surface area (Å²) in [6.07, 6.45) is 0. The van der Waals surface area contributed by atoms with E-state index in [1.807, 2.05) is 0 Å². The maximum absolute atomic E-state index is 13.8. The Labute approximate surface area is 161 Å². The zero-order valence-electron chi connectivity index (χ0n) is 14.8. The van der Waals surface area contributed by atoms with E-state index in [9.17, 15) is 22.0 Å². The summed E-state index contributed by atoms with van der Waals surface area (Å²) in [5.41, 5.74) is 0.289. The Balaban J connectivity index is 1.87. The standard InChI is InChI=1S/C20H16F2N2O3S/c1-24(16-7-3-2-4-8-16)28(26,27)17-9-5-6-15(13-17)23-20(25)18-11-10-14(21)12-19(18)22/h2-13H,1H3,(H,23,25). The van der Waals surface area contributed by atoms with E-state index in [0.29, 0.717) is 11.8 Å². The molecular formula is C20H16F2N2O3S. The van der Waals surface area contributed by atoms with Gasteiger partial charge in [0.25, 0.3) is 15.9 Å². The van der Waals surface area contributed by atoms with E-state index in [2.05, 4.69) is 5.32 Å². The van der Waals surface area contributed by atoms with Gasteiger partial charge in [0.15, 0.2) is 0 Å². The van der Waals surface area contributed by atoms with Crippen LogP contribution in [0.3, 0.4) is 0 Å². The Hall–Kier alpha value is -3.26. The third kappa shape index (κ3) is 4.01. The molecule has 3 rings (SSSR count). The zero-order chi connectivity index (χ0) is 20.3. The van der Waals surface area contributed by atoms with Gasteiger partial charge < -0.3 is 5.32 Å². The second-order valence-electron chi connectivity index (χ2n) is 5.91. The molecule has 0 atom stereocenters. The first-order chi connectivity index (χ1) is 13.3. The summed E-state index contributed by atoms with van der Waals surface area (Å²) in [6.45, 7) is 0. The lowest BCUT2D eigenvalue weighted by Gasteiger charge is -2.20. The van der Waals surface area contributed by atoms with Gasteiger partial charge in [0.2, 0.25) is 0 Å². The van der Waals surface area contributed by atoms with Crippen LogP contribution in [0.15, 0.2) is 77.7 Å². The molecule has 0 spiro atoms. The fourth-order valence-electron chi connectivity index (χ4n) is 2.54. The van der Waals surface area contributed by atoms with Gasteiger partial charge in [0.05, 0.1) is 16.1 Å². The number of carbonyl (C=O) groups excluding carboxylic acids is 1. The van der Waals surface area contributed by atoms with Gasteiger partial charge in [-0.1, -0.05) is 24.3 Å². The van der Waals surface area contributed by atoms with Crippen molar-refractivity contribution in [2.75, 3.05) is 16.7 Å². The lowest BCUT2D eigenvalue weighted by molar-refractivity contribution is 0.102. The molecule has 28 heavy (non-hydrogen) atoms. The van der Waals surface area contributed by atoms with Crippen LogP contribution in [-0.2, 0) is 10.0 Å². The minimum absolute atomic E-state index is 0.0452. The summed E-state index contributed by atoms with van der Waals surface area (Å²) in [7, 11) is -2.45. The fraction of sp³-hybridized carbons (Fsp3) is 0.0500. The van der Waals surface area contributed by atoms with Gasteiger partial charge in [-0.05, 0) is 42.5 Å². The number of hydrogen-bond acceptors (Lipinski definition) is 3. The number of hydrogen-bond donors (Lipinski definition) is 1. The molecule has 144 valence electrons. The second-order valence-corrected chi connectivity index (χ2v) is 7.88. The first-order valence-electron chi connectivity index (χ1n) is 8.19. The normalized spacial score (nSPS) is 11.1. The van der Waals surface area contributed by atoms with E-state index in [4.69, 9.17) is 0 Å². The van der Waals surface area contributed by atoms with E-state index in [-0.39, 0.29) is 16.1 Å². The number of nitrogens with zero attached hydrogens (tertiary/aromatic N) is 1. The topological polar surface area (TPSA) is 66.5 Å².